The Bertz CT molecular complexity index is 234. The standard InChI is InChI=1S/C11H21NO4/c1-9-8-12-6-7-15-11(12,16-9)5-4-10(13-2)14-3/h9-10H,4-8H2,1-3H3. The predicted octanol–water partition coefficient (Wildman–Crippen LogP) is 0.790. The molecule has 2 atom stereocenters. The molecule has 5 heteroatoms. The Morgan fingerprint density at radius 3 is 2.88 bits per heavy atom. The van der Waals surface area contributed by atoms with E-state index >= 15 is 0 Å². The zero-order valence-corrected chi connectivity index (χ0v) is 10.3. The second-order valence-electron chi connectivity index (χ2n) is 4.38. The molecule has 0 radical (unpaired) electrons. The van der Waals surface area contributed by atoms with Crippen LogP contribution in [0, 0.1) is 0 Å². The van der Waals surface area contributed by atoms with E-state index < -0.39 is 5.91 Å². The number of nitrogens with zero attached hydrogens (tertiary/aromatic N) is 1. The van der Waals surface area contributed by atoms with Crippen molar-refractivity contribution in [1.82, 2.24) is 4.90 Å². The lowest BCUT2D eigenvalue weighted by atomic mass is 10.2. The van der Waals surface area contributed by atoms with Gasteiger partial charge in [0, 0.05) is 40.2 Å². The van der Waals surface area contributed by atoms with Crippen molar-refractivity contribution in [2.75, 3.05) is 33.9 Å². The lowest BCUT2D eigenvalue weighted by molar-refractivity contribution is -0.254. The van der Waals surface area contributed by atoms with Crippen LogP contribution in [-0.4, -0.2) is 57.1 Å². The SMILES string of the molecule is COC(CCC12OCCN1CC(C)O2)OC. The molecule has 2 saturated heterocycles. The minimum atomic E-state index is -0.519. The molecule has 0 spiro atoms. The first-order valence-electron chi connectivity index (χ1n) is 5.82. The molecule has 0 saturated carbocycles. The Hall–Kier alpha value is -0.200. The van der Waals surface area contributed by atoms with Gasteiger partial charge in [0.15, 0.2) is 6.29 Å². The van der Waals surface area contributed by atoms with Crippen LogP contribution in [0.4, 0.5) is 0 Å². The molecular weight excluding hydrogens is 210 g/mol. The molecule has 0 amide bonds. The minimum absolute atomic E-state index is 0.181. The lowest BCUT2D eigenvalue weighted by Gasteiger charge is -2.30. The van der Waals surface area contributed by atoms with Crippen molar-refractivity contribution in [3.63, 3.8) is 0 Å². The van der Waals surface area contributed by atoms with E-state index in [1.807, 2.05) is 0 Å². The van der Waals surface area contributed by atoms with Crippen LogP contribution in [0.5, 0.6) is 0 Å². The van der Waals surface area contributed by atoms with E-state index in [1.54, 1.807) is 14.2 Å². The fourth-order valence-corrected chi connectivity index (χ4v) is 2.50. The normalized spacial score (nSPS) is 34.9. The van der Waals surface area contributed by atoms with Crippen LogP contribution in [0.25, 0.3) is 0 Å². The van der Waals surface area contributed by atoms with Gasteiger partial charge < -0.3 is 18.9 Å². The van der Waals surface area contributed by atoms with Crippen LogP contribution in [0.2, 0.25) is 0 Å². The molecule has 0 N–H and O–H groups in total. The maximum absolute atomic E-state index is 5.90. The van der Waals surface area contributed by atoms with Crippen molar-refractivity contribution >= 4 is 0 Å². The van der Waals surface area contributed by atoms with Gasteiger partial charge in [0.05, 0.1) is 12.7 Å². The van der Waals surface area contributed by atoms with Gasteiger partial charge in [-0.25, -0.2) is 4.90 Å². The molecule has 0 aromatic carbocycles. The third kappa shape index (κ3) is 2.24. The number of methoxy groups -OCH3 is 2. The summed E-state index contributed by atoms with van der Waals surface area (Å²) in [5, 5.41) is 0. The molecule has 0 aromatic rings. The molecule has 0 aromatic heterocycles. The summed E-state index contributed by atoms with van der Waals surface area (Å²) >= 11 is 0. The molecule has 2 unspecified atom stereocenters. The second kappa shape index (κ2) is 4.98. The number of rotatable bonds is 5. The van der Waals surface area contributed by atoms with Gasteiger partial charge in [-0.2, -0.15) is 0 Å². The van der Waals surface area contributed by atoms with Crippen LogP contribution in [0.1, 0.15) is 19.8 Å². The highest BCUT2D eigenvalue weighted by molar-refractivity contribution is 4.86. The van der Waals surface area contributed by atoms with Crippen LogP contribution in [0.15, 0.2) is 0 Å². The minimum Gasteiger partial charge on any atom is -0.356 e. The topological polar surface area (TPSA) is 40.2 Å². The average Bonchev–Trinajstić information content (AvgIpc) is 2.75. The Morgan fingerprint density at radius 2 is 2.19 bits per heavy atom. The third-order valence-corrected chi connectivity index (χ3v) is 3.26. The highest BCUT2D eigenvalue weighted by atomic mass is 16.7. The van der Waals surface area contributed by atoms with Gasteiger partial charge in [-0.05, 0) is 6.92 Å². The molecule has 2 aliphatic heterocycles. The lowest BCUT2D eigenvalue weighted by Crippen LogP contribution is -2.41. The van der Waals surface area contributed by atoms with Crippen molar-refractivity contribution in [2.24, 2.45) is 0 Å². The Balaban J connectivity index is 1.91. The Labute approximate surface area is 96.6 Å². The van der Waals surface area contributed by atoms with E-state index in [4.69, 9.17) is 18.9 Å². The molecule has 16 heavy (non-hydrogen) atoms. The van der Waals surface area contributed by atoms with Gasteiger partial charge in [-0.3, -0.25) is 0 Å². The predicted molar refractivity (Wildman–Crippen MR) is 57.8 cm³/mol. The highest BCUT2D eigenvalue weighted by Crippen LogP contribution is 2.36. The average molecular weight is 231 g/mol. The molecule has 2 heterocycles. The molecule has 2 aliphatic rings. The van der Waals surface area contributed by atoms with Crippen molar-refractivity contribution < 1.29 is 18.9 Å². The zero-order chi connectivity index (χ0) is 11.6. The van der Waals surface area contributed by atoms with Crippen LogP contribution in [-0.2, 0) is 18.9 Å². The second-order valence-corrected chi connectivity index (χ2v) is 4.38. The van der Waals surface area contributed by atoms with Crippen molar-refractivity contribution in [1.29, 1.82) is 0 Å². The summed E-state index contributed by atoms with van der Waals surface area (Å²) in [6.45, 7) is 4.73. The number of fused-ring (bicyclic) bond motifs is 1. The van der Waals surface area contributed by atoms with Gasteiger partial charge in [0.2, 0.25) is 5.91 Å². The first kappa shape index (κ1) is 12.3. The van der Waals surface area contributed by atoms with Crippen molar-refractivity contribution in [2.45, 2.75) is 38.1 Å². The van der Waals surface area contributed by atoms with Gasteiger partial charge in [-0.15, -0.1) is 0 Å². The summed E-state index contributed by atoms with van der Waals surface area (Å²) in [5.74, 6) is -0.519. The van der Waals surface area contributed by atoms with Crippen molar-refractivity contribution in [3.05, 3.63) is 0 Å². The summed E-state index contributed by atoms with van der Waals surface area (Å²) in [6.07, 6.45) is 1.61. The quantitative estimate of drug-likeness (QED) is 0.654. The first-order valence-corrected chi connectivity index (χ1v) is 5.82. The van der Waals surface area contributed by atoms with E-state index in [9.17, 15) is 0 Å². The molecule has 94 valence electrons. The number of hydrogen-bond donors (Lipinski definition) is 0. The zero-order valence-electron chi connectivity index (χ0n) is 10.3. The summed E-state index contributed by atoms with van der Waals surface area (Å²) < 4.78 is 22.0. The molecule has 5 nitrogen and oxygen atoms in total. The van der Waals surface area contributed by atoms with Crippen LogP contribution < -0.4 is 0 Å². The monoisotopic (exact) mass is 231 g/mol. The molecule has 0 aliphatic carbocycles. The Morgan fingerprint density at radius 1 is 1.44 bits per heavy atom. The molecule has 0 bridgehead atoms. The van der Waals surface area contributed by atoms with E-state index in [0.29, 0.717) is 0 Å². The van der Waals surface area contributed by atoms with Gasteiger partial charge in [0.25, 0.3) is 0 Å². The summed E-state index contributed by atoms with van der Waals surface area (Å²) in [4.78, 5) is 2.26. The molecule has 2 rings (SSSR count). The molecular formula is C11H21NO4. The largest absolute Gasteiger partial charge is 0.356 e. The Kier molecular flexibility index (Phi) is 3.81. The first-order chi connectivity index (χ1) is 7.70. The fourth-order valence-electron chi connectivity index (χ4n) is 2.50. The van der Waals surface area contributed by atoms with Crippen LogP contribution in [0.3, 0.4) is 0 Å². The van der Waals surface area contributed by atoms with E-state index in [2.05, 4.69) is 11.8 Å². The van der Waals surface area contributed by atoms with Crippen molar-refractivity contribution in [3.8, 4) is 0 Å². The number of ether oxygens (including phenoxy) is 4. The van der Waals surface area contributed by atoms with E-state index in [0.717, 1.165) is 32.5 Å². The smallest absolute Gasteiger partial charge is 0.230 e. The summed E-state index contributed by atoms with van der Waals surface area (Å²) in [7, 11) is 3.30. The maximum atomic E-state index is 5.90. The summed E-state index contributed by atoms with van der Waals surface area (Å²) in [6, 6.07) is 0. The van der Waals surface area contributed by atoms with Gasteiger partial charge in [-0.1, -0.05) is 0 Å². The maximum Gasteiger partial charge on any atom is 0.230 e. The highest BCUT2D eigenvalue weighted by Gasteiger charge is 2.50. The fraction of sp³-hybridized carbons (Fsp3) is 1.00. The van der Waals surface area contributed by atoms with E-state index in [-0.39, 0.29) is 12.4 Å². The molecule has 2 fully saturated rings. The van der Waals surface area contributed by atoms with Gasteiger partial charge in [0.1, 0.15) is 0 Å². The van der Waals surface area contributed by atoms with Crippen LogP contribution >= 0.6 is 0 Å². The van der Waals surface area contributed by atoms with Gasteiger partial charge >= 0.3 is 0 Å². The third-order valence-electron chi connectivity index (χ3n) is 3.26. The van der Waals surface area contributed by atoms with E-state index in [1.165, 1.54) is 0 Å². The number of hydrogen-bond acceptors (Lipinski definition) is 5. The summed E-state index contributed by atoms with van der Waals surface area (Å²) in [5.41, 5.74) is 0.